The molecule has 2 rings (SSSR count). The summed E-state index contributed by atoms with van der Waals surface area (Å²) in [6.45, 7) is 3.36. The standard InChI is InChI=1S/C9H14F2N2O/c1-8(4-12-5-8)13-7(14)6-2-9(10,11)3-6/h6,12H,2-5H2,1H3,(H,13,14). The van der Waals surface area contributed by atoms with Crippen molar-refractivity contribution < 1.29 is 13.6 Å². The van der Waals surface area contributed by atoms with Crippen LogP contribution in [0.1, 0.15) is 19.8 Å². The van der Waals surface area contributed by atoms with Gasteiger partial charge in [0.1, 0.15) is 0 Å². The molecule has 0 bridgehead atoms. The predicted molar refractivity (Wildman–Crippen MR) is 47.1 cm³/mol. The largest absolute Gasteiger partial charge is 0.348 e. The lowest BCUT2D eigenvalue weighted by atomic mass is 9.80. The average molecular weight is 204 g/mol. The van der Waals surface area contributed by atoms with E-state index < -0.39 is 11.8 Å². The van der Waals surface area contributed by atoms with Crippen molar-refractivity contribution in [1.82, 2.24) is 10.6 Å². The second-order valence-electron chi connectivity index (χ2n) is 4.61. The fourth-order valence-corrected chi connectivity index (χ4v) is 1.83. The minimum Gasteiger partial charge on any atom is -0.348 e. The van der Waals surface area contributed by atoms with Crippen LogP contribution in [0, 0.1) is 5.92 Å². The van der Waals surface area contributed by atoms with E-state index in [1.54, 1.807) is 0 Å². The Bertz CT molecular complexity index is 256. The third-order valence-electron chi connectivity index (χ3n) is 2.92. The van der Waals surface area contributed by atoms with E-state index in [2.05, 4.69) is 10.6 Å². The van der Waals surface area contributed by atoms with Crippen LogP contribution in [-0.4, -0.2) is 30.5 Å². The van der Waals surface area contributed by atoms with Gasteiger partial charge in [-0.15, -0.1) is 0 Å². The van der Waals surface area contributed by atoms with E-state index in [1.165, 1.54) is 0 Å². The molecule has 0 atom stereocenters. The van der Waals surface area contributed by atoms with E-state index in [4.69, 9.17) is 0 Å². The summed E-state index contributed by atoms with van der Waals surface area (Å²) >= 11 is 0. The highest BCUT2D eigenvalue weighted by atomic mass is 19.3. The maximum atomic E-state index is 12.5. The van der Waals surface area contributed by atoms with Gasteiger partial charge in [0.2, 0.25) is 11.8 Å². The molecule has 1 saturated heterocycles. The molecule has 0 radical (unpaired) electrons. The summed E-state index contributed by atoms with van der Waals surface area (Å²) in [5, 5.41) is 5.83. The van der Waals surface area contributed by atoms with E-state index in [1.807, 2.05) is 6.92 Å². The van der Waals surface area contributed by atoms with Gasteiger partial charge >= 0.3 is 0 Å². The summed E-state index contributed by atoms with van der Waals surface area (Å²) < 4.78 is 25.0. The molecule has 80 valence electrons. The maximum Gasteiger partial charge on any atom is 0.249 e. The topological polar surface area (TPSA) is 41.1 Å². The normalized spacial score (nSPS) is 28.8. The molecule has 0 aromatic carbocycles. The van der Waals surface area contributed by atoms with E-state index in [9.17, 15) is 13.6 Å². The Morgan fingerprint density at radius 2 is 2.00 bits per heavy atom. The average Bonchev–Trinajstić information content (AvgIpc) is 1.96. The van der Waals surface area contributed by atoms with Gasteiger partial charge in [-0.25, -0.2) is 8.78 Å². The number of alkyl halides is 2. The maximum absolute atomic E-state index is 12.5. The first-order chi connectivity index (χ1) is 6.40. The van der Waals surface area contributed by atoms with E-state index in [-0.39, 0.29) is 24.3 Å². The Morgan fingerprint density at radius 3 is 2.36 bits per heavy atom. The van der Waals surface area contributed by atoms with Crippen LogP contribution >= 0.6 is 0 Å². The second-order valence-corrected chi connectivity index (χ2v) is 4.61. The SMILES string of the molecule is CC1(NC(=O)C2CC(F)(F)C2)CNC1. The minimum absolute atomic E-state index is 0.220. The van der Waals surface area contributed by atoms with Crippen LogP contribution in [0.2, 0.25) is 0 Å². The molecule has 3 nitrogen and oxygen atoms in total. The molecule has 1 aliphatic carbocycles. The lowest BCUT2D eigenvalue weighted by Gasteiger charge is -2.43. The Labute approximate surface area is 81.2 Å². The van der Waals surface area contributed by atoms with Crippen LogP contribution in [0.25, 0.3) is 0 Å². The number of halogens is 2. The van der Waals surface area contributed by atoms with Gasteiger partial charge < -0.3 is 10.6 Å². The molecule has 0 aromatic heterocycles. The van der Waals surface area contributed by atoms with Gasteiger partial charge in [0.05, 0.1) is 5.54 Å². The van der Waals surface area contributed by atoms with Gasteiger partial charge in [-0.1, -0.05) is 0 Å². The van der Waals surface area contributed by atoms with Crippen molar-refractivity contribution in [2.75, 3.05) is 13.1 Å². The number of rotatable bonds is 2. The molecule has 5 heteroatoms. The van der Waals surface area contributed by atoms with Crippen molar-refractivity contribution in [3.63, 3.8) is 0 Å². The third-order valence-corrected chi connectivity index (χ3v) is 2.92. The van der Waals surface area contributed by atoms with Gasteiger partial charge in [-0.2, -0.15) is 0 Å². The number of hydrogen-bond donors (Lipinski definition) is 2. The van der Waals surface area contributed by atoms with Crippen LogP contribution in [0.4, 0.5) is 8.78 Å². The highest BCUT2D eigenvalue weighted by molar-refractivity contribution is 5.80. The van der Waals surface area contributed by atoms with Crippen molar-refractivity contribution in [3.8, 4) is 0 Å². The first kappa shape index (κ1) is 9.83. The molecule has 0 aromatic rings. The van der Waals surface area contributed by atoms with Crippen LogP contribution < -0.4 is 10.6 Å². The lowest BCUT2D eigenvalue weighted by Crippen LogP contribution is -2.68. The summed E-state index contributed by atoms with van der Waals surface area (Å²) in [6, 6.07) is 0. The smallest absolute Gasteiger partial charge is 0.249 e. The Hall–Kier alpha value is -0.710. The van der Waals surface area contributed by atoms with Crippen LogP contribution in [0.15, 0.2) is 0 Å². The number of nitrogens with one attached hydrogen (secondary N) is 2. The second kappa shape index (κ2) is 2.89. The zero-order valence-corrected chi connectivity index (χ0v) is 8.07. The highest BCUT2D eigenvalue weighted by Crippen LogP contribution is 2.42. The van der Waals surface area contributed by atoms with Gasteiger partial charge in [0, 0.05) is 31.8 Å². The minimum atomic E-state index is -2.61. The van der Waals surface area contributed by atoms with Gasteiger partial charge in [0.15, 0.2) is 0 Å². The fourth-order valence-electron chi connectivity index (χ4n) is 1.83. The molecule has 14 heavy (non-hydrogen) atoms. The molecule has 1 saturated carbocycles. The third kappa shape index (κ3) is 1.73. The molecular weight excluding hydrogens is 190 g/mol. The van der Waals surface area contributed by atoms with Crippen molar-refractivity contribution in [1.29, 1.82) is 0 Å². The monoisotopic (exact) mass is 204 g/mol. The molecule has 1 heterocycles. The number of amides is 1. The van der Waals surface area contributed by atoms with Crippen molar-refractivity contribution >= 4 is 5.91 Å². The predicted octanol–water partition coefficient (Wildman–Crippen LogP) is 0.510. The number of carbonyl (C=O) groups is 1. The molecule has 1 aliphatic heterocycles. The van der Waals surface area contributed by atoms with Crippen molar-refractivity contribution in [2.45, 2.75) is 31.2 Å². The summed E-state index contributed by atoms with van der Waals surface area (Å²) in [7, 11) is 0. The fraction of sp³-hybridized carbons (Fsp3) is 0.889. The van der Waals surface area contributed by atoms with E-state index >= 15 is 0 Å². The Morgan fingerprint density at radius 1 is 1.43 bits per heavy atom. The number of hydrogen-bond acceptors (Lipinski definition) is 2. The van der Waals surface area contributed by atoms with Gasteiger partial charge in [-0.05, 0) is 6.92 Å². The van der Waals surface area contributed by atoms with Crippen molar-refractivity contribution in [2.24, 2.45) is 5.92 Å². The molecule has 0 unspecified atom stereocenters. The molecule has 2 fully saturated rings. The summed E-state index contributed by atoms with van der Waals surface area (Å²) in [4.78, 5) is 11.4. The molecule has 2 aliphatic rings. The van der Waals surface area contributed by atoms with E-state index in [0.29, 0.717) is 0 Å². The summed E-state index contributed by atoms with van der Waals surface area (Å²) in [5.74, 6) is -3.32. The number of carbonyl (C=O) groups excluding carboxylic acids is 1. The lowest BCUT2D eigenvalue weighted by molar-refractivity contribution is -0.152. The Kier molecular flexibility index (Phi) is 2.03. The zero-order valence-electron chi connectivity index (χ0n) is 8.07. The molecule has 1 amide bonds. The summed E-state index contributed by atoms with van der Waals surface area (Å²) in [5.41, 5.74) is -0.220. The first-order valence-corrected chi connectivity index (χ1v) is 4.81. The summed E-state index contributed by atoms with van der Waals surface area (Å²) in [6.07, 6.45) is -0.579. The zero-order chi connectivity index (χ0) is 10.4. The van der Waals surface area contributed by atoms with Crippen LogP contribution in [0.5, 0.6) is 0 Å². The Balaban J connectivity index is 1.80. The molecular formula is C9H14F2N2O. The molecule has 0 spiro atoms. The molecule has 2 N–H and O–H groups in total. The van der Waals surface area contributed by atoms with E-state index in [0.717, 1.165) is 13.1 Å². The van der Waals surface area contributed by atoms with Gasteiger partial charge in [0.25, 0.3) is 0 Å². The highest BCUT2D eigenvalue weighted by Gasteiger charge is 2.49. The first-order valence-electron chi connectivity index (χ1n) is 4.81. The van der Waals surface area contributed by atoms with Crippen LogP contribution in [-0.2, 0) is 4.79 Å². The quantitative estimate of drug-likeness (QED) is 0.688. The van der Waals surface area contributed by atoms with Crippen molar-refractivity contribution in [3.05, 3.63) is 0 Å². The van der Waals surface area contributed by atoms with Gasteiger partial charge in [-0.3, -0.25) is 4.79 Å². The van der Waals surface area contributed by atoms with Crippen LogP contribution in [0.3, 0.4) is 0 Å².